The molecule has 0 bridgehead atoms. The zero-order valence-electron chi connectivity index (χ0n) is 22.1. The molecular weight excluding hydrogens is 482 g/mol. The Labute approximate surface area is 222 Å². The average molecular weight is 518 g/mol. The van der Waals surface area contributed by atoms with Crippen molar-refractivity contribution in [2.75, 3.05) is 13.1 Å². The molecule has 0 unspecified atom stereocenters. The van der Waals surface area contributed by atoms with Gasteiger partial charge in [0.2, 0.25) is 11.8 Å². The Balaban J connectivity index is 1.65. The molecule has 2 N–H and O–H groups in total. The van der Waals surface area contributed by atoms with E-state index in [0.29, 0.717) is 49.8 Å². The molecule has 3 aromatic rings. The van der Waals surface area contributed by atoms with Crippen LogP contribution in [-0.4, -0.2) is 61.5 Å². The quantitative estimate of drug-likeness (QED) is 0.548. The molecule has 2 atom stereocenters. The van der Waals surface area contributed by atoms with Gasteiger partial charge in [-0.1, -0.05) is 50.2 Å². The van der Waals surface area contributed by atoms with Crippen LogP contribution in [0.2, 0.25) is 0 Å². The third-order valence-electron chi connectivity index (χ3n) is 6.57. The van der Waals surface area contributed by atoms with Gasteiger partial charge in [0, 0.05) is 32.1 Å². The van der Waals surface area contributed by atoms with Gasteiger partial charge < -0.3 is 15.5 Å². The minimum absolute atomic E-state index is 0.00790. The third kappa shape index (κ3) is 6.81. The van der Waals surface area contributed by atoms with Crippen molar-refractivity contribution in [3.8, 4) is 0 Å². The molecule has 0 radical (unpaired) electrons. The Kier molecular flexibility index (Phi) is 8.83. The fourth-order valence-electron chi connectivity index (χ4n) is 4.59. The summed E-state index contributed by atoms with van der Waals surface area (Å²) >= 11 is 0. The van der Waals surface area contributed by atoms with Crippen LogP contribution in [0.25, 0.3) is 0 Å². The van der Waals surface area contributed by atoms with Gasteiger partial charge in [-0.05, 0) is 37.0 Å². The molecule has 0 saturated heterocycles. The van der Waals surface area contributed by atoms with Crippen molar-refractivity contribution < 1.29 is 14.4 Å². The molecule has 0 fully saturated rings. The molecule has 10 nitrogen and oxygen atoms in total. The van der Waals surface area contributed by atoms with Crippen LogP contribution in [0.15, 0.2) is 54.7 Å². The fraction of sp³-hybridized carbons (Fsp3) is 0.429. The predicted octanol–water partition coefficient (Wildman–Crippen LogP) is 2.46. The molecule has 10 heteroatoms. The van der Waals surface area contributed by atoms with E-state index < -0.39 is 12.1 Å². The lowest BCUT2D eigenvalue weighted by Gasteiger charge is -2.28. The standard InChI is InChI=1S/C28H35N7O3/c1-19(2)25-26-30-20(3)33-35(26)17-16-34(28(38)22-12-7-8-14-29-22)15-9-13-24(36)31-23(27(37)32-25)18-21-10-5-4-6-11-21/h4-8,10-12,14,19,23,25H,9,13,15-18H2,1-3H3,(H,31,36)(H,32,37)/t23-,25+/m0/s1. The van der Waals surface area contributed by atoms with E-state index in [1.165, 1.54) is 0 Å². The minimum atomic E-state index is -0.752. The molecule has 2 aromatic heterocycles. The molecule has 4 rings (SSSR count). The van der Waals surface area contributed by atoms with Crippen LogP contribution >= 0.6 is 0 Å². The average Bonchev–Trinajstić information content (AvgIpc) is 3.28. The number of benzene rings is 1. The second-order valence-corrected chi connectivity index (χ2v) is 9.89. The monoisotopic (exact) mass is 517 g/mol. The predicted molar refractivity (Wildman–Crippen MR) is 142 cm³/mol. The van der Waals surface area contributed by atoms with Gasteiger partial charge in [-0.3, -0.25) is 19.4 Å². The number of aromatic nitrogens is 4. The minimum Gasteiger partial charge on any atom is -0.344 e. The van der Waals surface area contributed by atoms with Crippen molar-refractivity contribution >= 4 is 17.7 Å². The number of fused-ring (bicyclic) bond motifs is 1. The number of pyridine rings is 1. The lowest BCUT2D eigenvalue weighted by Crippen LogP contribution is -2.50. The number of amides is 3. The van der Waals surface area contributed by atoms with E-state index in [0.717, 1.165) is 5.56 Å². The number of nitrogens with one attached hydrogen (secondary N) is 2. The highest BCUT2D eigenvalue weighted by atomic mass is 16.2. The summed E-state index contributed by atoms with van der Waals surface area (Å²) in [4.78, 5) is 50.3. The van der Waals surface area contributed by atoms with Gasteiger partial charge in [-0.25, -0.2) is 9.67 Å². The van der Waals surface area contributed by atoms with Crippen LogP contribution in [0.4, 0.5) is 0 Å². The Morgan fingerprint density at radius 1 is 1.03 bits per heavy atom. The number of carbonyl (C=O) groups excluding carboxylic acids is 3. The Morgan fingerprint density at radius 3 is 2.50 bits per heavy atom. The number of aryl methyl sites for hydroxylation is 1. The van der Waals surface area contributed by atoms with Crippen molar-refractivity contribution in [3.05, 3.63) is 77.6 Å². The van der Waals surface area contributed by atoms with Crippen molar-refractivity contribution in [2.24, 2.45) is 5.92 Å². The van der Waals surface area contributed by atoms with Crippen molar-refractivity contribution in [1.82, 2.24) is 35.3 Å². The summed E-state index contributed by atoms with van der Waals surface area (Å²) < 4.78 is 1.77. The first-order valence-electron chi connectivity index (χ1n) is 13.1. The lowest BCUT2D eigenvalue weighted by molar-refractivity contribution is -0.129. The number of carbonyl (C=O) groups is 3. The highest BCUT2D eigenvalue weighted by molar-refractivity contribution is 5.92. The maximum absolute atomic E-state index is 13.5. The maximum atomic E-state index is 13.5. The summed E-state index contributed by atoms with van der Waals surface area (Å²) in [6.07, 6.45) is 2.58. The number of hydrogen-bond acceptors (Lipinski definition) is 6. The van der Waals surface area contributed by atoms with Gasteiger partial charge in [0.1, 0.15) is 23.4 Å². The summed E-state index contributed by atoms with van der Waals surface area (Å²) in [5.74, 6) is 0.514. The van der Waals surface area contributed by atoms with Crippen LogP contribution in [0.3, 0.4) is 0 Å². The molecule has 200 valence electrons. The van der Waals surface area contributed by atoms with Crippen LogP contribution in [0.5, 0.6) is 0 Å². The van der Waals surface area contributed by atoms with E-state index in [2.05, 4.69) is 25.7 Å². The zero-order chi connectivity index (χ0) is 27.1. The van der Waals surface area contributed by atoms with Gasteiger partial charge in [-0.15, -0.1) is 0 Å². The van der Waals surface area contributed by atoms with Crippen molar-refractivity contribution in [2.45, 2.75) is 58.7 Å². The molecular formula is C28H35N7O3. The van der Waals surface area contributed by atoms with Gasteiger partial charge in [-0.2, -0.15) is 5.10 Å². The van der Waals surface area contributed by atoms with E-state index in [1.54, 1.807) is 34.0 Å². The van der Waals surface area contributed by atoms with Crippen LogP contribution in [0.1, 0.15) is 60.4 Å². The number of rotatable bonds is 4. The summed E-state index contributed by atoms with van der Waals surface area (Å²) in [5.41, 5.74) is 1.30. The molecule has 38 heavy (non-hydrogen) atoms. The highest BCUT2D eigenvalue weighted by Crippen LogP contribution is 2.21. The highest BCUT2D eigenvalue weighted by Gasteiger charge is 2.30. The SMILES string of the molecule is Cc1nc2n(n1)CCN(C(=O)c1ccccn1)CCCC(=O)N[C@@H](Cc1ccccc1)C(=O)N[C@@H]2C(C)C. The van der Waals surface area contributed by atoms with Crippen molar-refractivity contribution in [1.29, 1.82) is 0 Å². The zero-order valence-corrected chi connectivity index (χ0v) is 22.1. The van der Waals surface area contributed by atoms with Gasteiger partial charge in [0.15, 0.2) is 0 Å². The van der Waals surface area contributed by atoms with E-state index in [1.807, 2.05) is 51.1 Å². The number of nitrogens with zero attached hydrogens (tertiary/aromatic N) is 5. The first kappa shape index (κ1) is 27.0. The maximum Gasteiger partial charge on any atom is 0.272 e. The summed E-state index contributed by atoms with van der Waals surface area (Å²) in [6, 6.07) is 13.7. The van der Waals surface area contributed by atoms with E-state index >= 15 is 0 Å². The molecule has 3 amide bonds. The van der Waals surface area contributed by atoms with Crippen molar-refractivity contribution in [3.63, 3.8) is 0 Å². The van der Waals surface area contributed by atoms with E-state index in [-0.39, 0.29) is 30.1 Å². The molecule has 0 aliphatic carbocycles. The normalized spacial score (nSPS) is 19.3. The molecule has 1 aromatic carbocycles. The number of hydrogen-bond donors (Lipinski definition) is 2. The molecule has 1 aliphatic rings. The van der Waals surface area contributed by atoms with Crippen LogP contribution in [-0.2, 0) is 22.6 Å². The van der Waals surface area contributed by atoms with E-state index in [4.69, 9.17) is 0 Å². The molecule has 1 aliphatic heterocycles. The van der Waals surface area contributed by atoms with Gasteiger partial charge in [0.25, 0.3) is 5.91 Å². The molecule has 0 saturated carbocycles. The molecule has 0 spiro atoms. The van der Waals surface area contributed by atoms with Crippen LogP contribution in [0, 0.1) is 12.8 Å². The second-order valence-electron chi connectivity index (χ2n) is 9.89. The summed E-state index contributed by atoms with van der Waals surface area (Å²) in [5, 5.41) is 10.6. The summed E-state index contributed by atoms with van der Waals surface area (Å²) in [7, 11) is 0. The Morgan fingerprint density at radius 2 is 1.79 bits per heavy atom. The van der Waals surface area contributed by atoms with Crippen LogP contribution < -0.4 is 10.6 Å². The fourth-order valence-corrected chi connectivity index (χ4v) is 4.59. The van der Waals surface area contributed by atoms with E-state index in [9.17, 15) is 14.4 Å². The second kappa shape index (κ2) is 12.4. The smallest absolute Gasteiger partial charge is 0.272 e. The largest absolute Gasteiger partial charge is 0.344 e. The first-order valence-corrected chi connectivity index (χ1v) is 13.1. The third-order valence-corrected chi connectivity index (χ3v) is 6.57. The molecule has 3 heterocycles. The Bertz CT molecular complexity index is 1240. The first-order chi connectivity index (χ1) is 18.3. The van der Waals surface area contributed by atoms with Gasteiger partial charge >= 0.3 is 0 Å². The lowest BCUT2D eigenvalue weighted by atomic mass is 10.0. The Hall–Kier alpha value is -4.08. The summed E-state index contributed by atoms with van der Waals surface area (Å²) in [6.45, 7) is 6.95. The topological polar surface area (TPSA) is 122 Å². The van der Waals surface area contributed by atoms with Gasteiger partial charge in [0.05, 0.1) is 12.6 Å².